The smallest absolute Gasteiger partial charge is 0.323 e. The molecule has 25 heavy (non-hydrogen) atoms. The van der Waals surface area contributed by atoms with E-state index in [0.29, 0.717) is 22.9 Å². The number of benzene rings is 1. The molecule has 0 bridgehead atoms. The maximum atomic E-state index is 12.0. The molecule has 0 saturated heterocycles. The van der Waals surface area contributed by atoms with Crippen LogP contribution in [0.25, 0.3) is 11.4 Å². The third-order valence-corrected chi connectivity index (χ3v) is 3.34. The standard InChI is InChI=1S/C17H16N6O2/c1-25-14-10-20-16(23-15(14)18)11-2-4-12(5-3-11)21-17(24)22-13-6-8-19-9-7-13/h2-10H,1H3,(H2,18,20,23)(H2,19,21,22,24). The van der Waals surface area contributed by atoms with Gasteiger partial charge in [0.05, 0.1) is 13.3 Å². The van der Waals surface area contributed by atoms with Crippen LogP contribution in [0.15, 0.2) is 55.0 Å². The van der Waals surface area contributed by atoms with Crippen LogP contribution < -0.4 is 21.1 Å². The molecule has 2 aromatic heterocycles. The van der Waals surface area contributed by atoms with E-state index in [-0.39, 0.29) is 11.8 Å². The molecule has 0 spiro atoms. The lowest BCUT2D eigenvalue weighted by Crippen LogP contribution is -2.19. The molecule has 3 aromatic rings. The SMILES string of the molecule is COc1cnc(-c2ccc(NC(=O)Nc3ccncc3)cc2)nc1N. The van der Waals surface area contributed by atoms with Crippen molar-refractivity contribution in [1.29, 1.82) is 0 Å². The van der Waals surface area contributed by atoms with Crippen molar-refractivity contribution in [2.24, 2.45) is 0 Å². The number of carbonyl (C=O) groups excluding carboxylic acids is 1. The summed E-state index contributed by atoms with van der Waals surface area (Å²) < 4.78 is 5.04. The van der Waals surface area contributed by atoms with E-state index in [4.69, 9.17) is 10.5 Å². The highest BCUT2D eigenvalue weighted by Gasteiger charge is 2.07. The van der Waals surface area contributed by atoms with Gasteiger partial charge in [0.25, 0.3) is 0 Å². The van der Waals surface area contributed by atoms with E-state index < -0.39 is 0 Å². The lowest BCUT2D eigenvalue weighted by Gasteiger charge is -2.08. The van der Waals surface area contributed by atoms with Crippen molar-refractivity contribution < 1.29 is 9.53 Å². The number of hydrogen-bond donors (Lipinski definition) is 3. The van der Waals surface area contributed by atoms with Crippen molar-refractivity contribution in [3.63, 3.8) is 0 Å². The van der Waals surface area contributed by atoms with E-state index in [1.165, 1.54) is 13.3 Å². The summed E-state index contributed by atoms with van der Waals surface area (Å²) in [6.07, 6.45) is 4.72. The van der Waals surface area contributed by atoms with Crippen LogP contribution >= 0.6 is 0 Å². The second-order valence-corrected chi connectivity index (χ2v) is 5.04. The van der Waals surface area contributed by atoms with E-state index in [1.54, 1.807) is 48.8 Å². The fourth-order valence-corrected chi connectivity index (χ4v) is 2.11. The zero-order valence-electron chi connectivity index (χ0n) is 13.4. The number of aromatic nitrogens is 3. The van der Waals surface area contributed by atoms with Crippen LogP contribution in [0.3, 0.4) is 0 Å². The van der Waals surface area contributed by atoms with Gasteiger partial charge in [-0.05, 0) is 36.4 Å². The molecule has 0 aliphatic heterocycles. The quantitative estimate of drug-likeness (QED) is 0.675. The monoisotopic (exact) mass is 336 g/mol. The topological polar surface area (TPSA) is 115 Å². The summed E-state index contributed by atoms with van der Waals surface area (Å²) >= 11 is 0. The highest BCUT2D eigenvalue weighted by Crippen LogP contribution is 2.23. The molecule has 0 radical (unpaired) electrons. The Hall–Kier alpha value is -3.68. The van der Waals surface area contributed by atoms with E-state index >= 15 is 0 Å². The largest absolute Gasteiger partial charge is 0.491 e. The van der Waals surface area contributed by atoms with E-state index in [2.05, 4.69) is 25.6 Å². The number of nitrogens with zero attached hydrogens (tertiary/aromatic N) is 3. The zero-order chi connectivity index (χ0) is 17.6. The molecule has 0 fully saturated rings. The molecule has 0 aliphatic rings. The molecular formula is C17H16N6O2. The van der Waals surface area contributed by atoms with Crippen LogP contribution in [0.5, 0.6) is 5.75 Å². The molecule has 126 valence electrons. The van der Waals surface area contributed by atoms with Gasteiger partial charge in [0, 0.05) is 29.3 Å². The predicted molar refractivity (Wildman–Crippen MR) is 95.3 cm³/mol. The van der Waals surface area contributed by atoms with Crippen LogP contribution in [0, 0.1) is 0 Å². The highest BCUT2D eigenvalue weighted by molar-refractivity contribution is 5.99. The molecule has 8 nitrogen and oxygen atoms in total. The number of methoxy groups -OCH3 is 1. The molecule has 3 rings (SSSR count). The van der Waals surface area contributed by atoms with Gasteiger partial charge in [-0.15, -0.1) is 0 Å². The fourth-order valence-electron chi connectivity index (χ4n) is 2.11. The Morgan fingerprint density at radius 2 is 1.68 bits per heavy atom. The number of urea groups is 1. The molecule has 0 aliphatic carbocycles. The second-order valence-electron chi connectivity index (χ2n) is 5.04. The molecule has 1 aromatic carbocycles. The highest BCUT2D eigenvalue weighted by atomic mass is 16.5. The predicted octanol–water partition coefficient (Wildman–Crippen LogP) is 2.77. The first-order chi connectivity index (χ1) is 12.2. The molecule has 4 N–H and O–H groups in total. The first-order valence-corrected chi connectivity index (χ1v) is 7.40. The zero-order valence-corrected chi connectivity index (χ0v) is 13.4. The van der Waals surface area contributed by atoms with Crippen LogP contribution in [0.4, 0.5) is 22.0 Å². The molecule has 2 amide bonds. The van der Waals surface area contributed by atoms with E-state index in [1.807, 2.05) is 0 Å². The number of amides is 2. The maximum Gasteiger partial charge on any atom is 0.323 e. The van der Waals surface area contributed by atoms with Crippen LogP contribution in [0.2, 0.25) is 0 Å². The van der Waals surface area contributed by atoms with Gasteiger partial charge in [0.15, 0.2) is 17.4 Å². The number of ether oxygens (including phenoxy) is 1. The Morgan fingerprint density at radius 3 is 2.28 bits per heavy atom. The maximum absolute atomic E-state index is 12.0. The van der Waals surface area contributed by atoms with Crippen molar-refractivity contribution in [2.45, 2.75) is 0 Å². The minimum absolute atomic E-state index is 0.270. The average Bonchev–Trinajstić information content (AvgIpc) is 2.63. The minimum atomic E-state index is -0.344. The van der Waals surface area contributed by atoms with Crippen molar-refractivity contribution in [3.05, 3.63) is 55.0 Å². The minimum Gasteiger partial charge on any atom is -0.491 e. The molecule has 8 heteroatoms. The van der Waals surface area contributed by atoms with Gasteiger partial charge in [-0.3, -0.25) is 4.98 Å². The number of nitrogens with two attached hydrogens (primary N) is 1. The lowest BCUT2D eigenvalue weighted by atomic mass is 10.2. The first-order valence-electron chi connectivity index (χ1n) is 7.40. The Bertz CT molecular complexity index is 868. The average molecular weight is 336 g/mol. The Labute approximate surface area is 144 Å². The summed E-state index contributed by atoms with van der Waals surface area (Å²) in [6, 6.07) is 10.2. The fraction of sp³-hybridized carbons (Fsp3) is 0.0588. The van der Waals surface area contributed by atoms with Gasteiger partial charge >= 0.3 is 6.03 Å². The van der Waals surface area contributed by atoms with Crippen LogP contribution in [-0.2, 0) is 0 Å². The Balaban J connectivity index is 1.68. The lowest BCUT2D eigenvalue weighted by molar-refractivity contribution is 0.262. The first kappa shape index (κ1) is 16.2. The summed E-state index contributed by atoms with van der Waals surface area (Å²) in [5, 5.41) is 5.45. The van der Waals surface area contributed by atoms with Crippen molar-refractivity contribution in [1.82, 2.24) is 15.0 Å². The number of pyridine rings is 1. The number of nitrogen functional groups attached to an aromatic ring is 1. The van der Waals surface area contributed by atoms with Crippen LogP contribution in [0.1, 0.15) is 0 Å². The Morgan fingerprint density at radius 1 is 1.04 bits per heavy atom. The third kappa shape index (κ3) is 3.99. The van der Waals surface area contributed by atoms with Gasteiger partial charge in [0.2, 0.25) is 0 Å². The van der Waals surface area contributed by atoms with Crippen molar-refractivity contribution >= 4 is 23.2 Å². The van der Waals surface area contributed by atoms with Gasteiger partial charge in [0.1, 0.15) is 0 Å². The summed E-state index contributed by atoms with van der Waals surface area (Å²) in [6.45, 7) is 0. The summed E-state index contributed by atoms with van der Waals surface area (Å²) in [4.78, 5) is 24.2. The number of rotatable bonds is 4. The number of hydrogen-bond acceptors (Lipinski definition) is 6. The number of nitrogens with one attached hydrogen (secondary N) is 2. The summed E-state index contributed by atoms with van der Waals surface area (Å²) in [5.41, 5.74) is 7.86. The number of carbonyl (C=O) groups is 1. The van der Waals surface area contributed by atoms with Gasteiger partial charge < -0.3 is 21.1 Å². The number of anilines is 3. The van der Waals surface area contributed by atoms with Gasteiger partial charge in [-0.1, -0.05) is 0 Å². The third-order valence-electron chi connectivity index (χ3n) is 3.34. The Kier molecular flexibility index (Phi) is 4.70. The van der Waals surface area contributed by atoms with Gasteiger partial charge in [-0.25, -0.2) is 14.8 Å². The van der Waals surface area contributed by atoms with Gasteiger partial charge in [-0.2, -0.15) is 0 Å². The molecule has 0 unspecified atom stereocenters. The van der Waals surface area contributed by atoms with Crippen molar-refractivity contribution in [2.75, 3.05) is 23.5 Å². The normalized spacial score (nSPS) is 10.1. The van der Waals surface area contributed by atoms with Crippen molar-refractivity contribution in [3.8, 4) is 17.1 Å². The molecule has 0 saturated carbocycles. The molecule has 0 atom stereocenters. The molecular weight excluding hydrogens is 320 g/mol. The summed E-state index contributed by atoms with van der Waals surface area (Å²) in [5.74, 6) is 1.17. The van der Waals surface area contributed by atoms with E-state index in [0.717, 1.165) is 5.56 Å². The second kappa shape index (κ2) is 7.26. The molecule has 2 heterocycles. The van der Waals surface area contributed by atoms with Crippen LogP contribution in [-0.4, -0.2) is 28.1 Å². The van der Waals surface area contributed by atoms with E-state index in [9.17, 15) is 4.79 Å². The summed E-state index contributed by atoms with van der Waals surface area (Å²) in [7, 11) is 1.51.